The molecule has 0 radical (unpaired) electrons. The van der Waals surface area contributed by atoms with Gasteiger partial charge >= 0.3 is 0 Å². The second-order valence-electron chi connectivity index (χ2n) is 7.19. The van der Waals surface area contributed by atoms with Crippen LogP contribution in [0.15, 0.2) is 96.4 Å². The van der Waals surface area contributed by atoms with E-state index in [9.17, 15) is 4.79 Å². The van der Waals surface area contributed by atoms with Crippen LogP contribution in [0.2, 0.25) is 0 Å². The van der Waals surface area contributed by atoms with E-state index in [1.54, 1.807) is 13.4 Å². The van der Waals surface area contributed by atoms with Crippen LogP contribution in [0.4, 0.5) is 0 Å². The molecule has 0 spiro atoms. The highest BCUT2D eigenvalue weighted by molar-refractivity contribution is 7.99. The molecule has 0 N–H and O–H groups in total. The van der Waals surface area contributed by atoms with E-state index in [1.807, 2.05) is 94.4 Å². The first-order valence-corrected chi connectivity index (χ1v) is 11.2. The molecule has 0 unspecified atom stereocenters. The van der Waals surface area contributed by atoms with Crippen molar-refractivity contribution in [2.24, 2.45) is 0 Å². The van der Waals surface area contributed by atoms with Gasteiger partial charge in [0.1, 0.15) is 12.1 Å². The molecule has 0 aliphatic rings. The Kier molecular flexibility index (Phi) is 7.19. The molecule has 32 heavy (non-hydrogen) atoms. The van der Waals surface area contributed by atoms with Crippen LogP contribution < -0.4 is 4.74 Å². The number of hydrogen-bond donors (Lipinski definition) is 0. The second-order valence-corrected chi connectivity index (χ2v) is 8.13. The van der Waals surface area contributed by atoms with E-state index >= 15 is 0 Å². The molecule has 162 valence electrons. The average molecular weight is 445 g/mol. The minimum atomic E-state index is 0.0481. The van der Waals surface area contributed by atoms with Gasteiger partial charge in [0.05, 0.1) is 12.9 Å². The molecule has 0 aliphatic carbocycles. The van der Waals surface area contributed by atoms with Crippen LogP contribution in [0.25, 0.3) is 5.69 Å². The lowest BCUT2D eigenvalue weighted by molar-refractivity contribution is -0.129. The fourth-order valence-electron chi connectivity index (χ4n) is 3.30. The van der Waals surface area contributed by atoms with E-state index in [-0.39, 0.29) is 11.7 Å². The fraction of sp³-hybridized carbons (Fsp3) is 0.160. The largest absolute Gasteiger partial charge is 0.497 e. The SMILES string of the molecule is COc1ccc(-n2cnnc2SCC(=O)N(Cc2ccccc2)Cc2ccccc2)cc1. The summed E-state index contributed by atoms with van der Waals surface area (Å²) in [4.78, 5) is 15.1. The van der Waals surface area contributed by atoms with Gasteiger partial charge in [0.2, 0.25) is 5.91 Å². The quantitative estimate of drug-likeness (QED) is 0.353. The van der Waals surface area contributed by atoms with Crippen LogP contribution in [-0.4, -0.2) is 38.4 Å². The van der Waals surface area contributed by atoms with E-state index in [0.717, 1.165) is 22.6 Å². The average Bonchev–Trinajstić information content (AvgIpc) is 3.32. The van der Waals surface area contributed by atoms with Crippen LogP contribution in [0.3, 0.4) is 0 Å². The Morgan fingerprint density at radius 3 is 2.06 bits per heavy atom. The molecule has 1 aromatic heterocycles. The van der Waals surface area contributed by atoms with Crippen LogP contribution >= 0.6 is 11.8 Å². The molecule has 0 saturated carbocycles. The Morgan fingerprint density at radius 2 is 1.50 bits per heavy atom. The number of carbonyl (C=O) groups excluding carboxylic acids is 1. The first kappa shape index (κ1) is 21.6. The molecule has 0 bridgehead atoms. The molecule has 0 atom stereocenters. The van der Waals surface area contributed by atoms with Gasteiger partial charge in [-0.25, -0.2) is 0 Å². The van der Waals surface area contributed by atoms with Crippen LogP contribution in [0.5, 0.6) is 5.75 Å². The fourth-order valence-corrected chi connectivity index (χ4v) is 4.13. The van der Waals surface area contributed by atoms with Gasteiger partial charge < -0.3 is 9.64 Å². The molecule has 7 heteroatoms. The van der Waals surface area contributed by atoms with Gasteiger partial charge in [0.25, 0.3) is 0 Å². The van der Waals surface area contributed by atoms with Gasteiger partial charge in [-0.1, -0.05) is 72.4 Å². The van der Waals surface area contributed by atoms with Gasteiger partial charge in [-0.15, -0.1) is 10.2 Å². The highest BCUT2D eigenvalue weighted by atomic mass is 32.2. The summed E-state index contributed by atoms with van der Waals surface area (Å²) < 4.78 is 7.09. The summed E-state index contributed by atoms with van der Waals surface area (Å²) in [7, 11) is 1.64. The Bertz CT molecular complexity index is 1090. The number of benzene rings is 3. The molecule has 3 aromatic carbocycles. The summed E-state index contributed by atoms with van der Waals surface area (Å²) in [5, 5.41) is 8.91. The zero-order valence-electron chi connectivity index (χ0n) is 17.8. The minimum absolute atomic E-state index is 0.0481. The maximum atomic E-state index is 13.2. The van der Waals surface area contributed by atoms with Crippen molar-refractivity contribution in [2.75, 3.05) is 12.9 Å². The number of thioether (sulfide) groups is 1. The Balaban J connectivity index is 1.47. The maximum Gasteiger partial charge on any atom is 0.233 e. The van der Waals surface area contributed by atoms with E-state index in [2.05, 4.69) is 10.2 Å². The Labute approximate surface area is 191 Å². The third-order valence-corrected chi connectivity index (χ3v) is 5.90. The van der Waals surface area contributed by atoms with Crippen molar-refractivity contribution >= 4 is 17.7 Å². The van der Waals surface area contributed by atoms with Crippen LogP contribution in [0, 0.1) is 0 Å². The lowest BCUT2D eigenvalue weighted by Crippen LogP contribution is -2.31. The highest BCUT2D eigenvalue weighted by Gasteiger charge is 2.17. The number of aromatic nitrogens is 3. The predicted octanol–water partition coefficient (Wildman–Crippen LogP) is 4.60. The lowest BCUT2D eigenvalue weighted by atomic mass is 10.1. The third-order valence-electron chi connectivity index (χ3n) is 4.98. The zero-order chi connectivity index (χ0) is 22.2. The number of amides is 1. The summed E-state index contributed by atoms with van der Waals surface area (Å²) in [5.41, 5.74) is 3.11. The summed E-state index contributed by atoms with van der Waals surface area (Å²) in [6.07, 6.45) is 1.65. The van der Waals surface area contributed by atoms with Gasteiger partial charge in [-0.3, -0.25) is 9.36 Å². The lowest BCUT2D eigenvalue weighted by Gasteiger charge is -2.23. The number of methoxy groups -OCH3 is 1. The third kappa shape index (κ3) is 5.56. The van der Waals surface area contributed by atoms with E-state index < -0.39 is 0 Å². The second kappa shape index (κ2) is 10.6. The molecule has 4 rings (SSSR count). The van der Waals surface area contributed by atoms with Crippen LogP contribution in [-0.2, 0) is 17.9 Å². The van der Waals surface area contributed by atoms with E-state index in [1.165, 1.54) is 11.8 Å². The number of nitrogens with zero attached hydrogens (tertiary/aromatic N) is 4. The number of ether oxygens (including phenoxy) is 1. The molecule has 0 saturated heterocycles. The molecule has 0 aliphatic heterocycles. The first-order valence-electron chi connectivity index (χ1n) is 10.3. The number of carbonyl (C=O) groups is 1. The summed E-state index contributed by atoms with van der Waals surface area (Å²) in [6, 6.07) is 27.7. The van der Waals surface area contributed by atoms with Crippen LogP contribution in [0.1, 0.15) is 11.1 Å². The van der Waals surface area contributed by atoms with E-state index in [0.29, 0.717) is 18.2 Å². The zero-order valence-corrected chi connectivity index (χ0v) is 18.6. The summed E-state index contributed by atoms with van der Waals surface area (Å²) >= 11 is 1.38. The molecule has 1 heterocycles. The Hall–Kier alpha value is -3.58. The van der Waals surface area contributed by atoms with Crippen molar-refractivity contribution < 1.29 is 9.53 Å². The first-order chi connectivity index (χ1) is 15.7. The summed E-state index contributed by atoms with van der Waals surface area (Å²) in [5.74, 6) is 1.10. The number of rotatable bonds is 9. The smallest absolute Gasteiger partial charge is 0.233 e. The summed E-state index contributed by atoms with van der Waals surface area (Å²) in [6.45, 7) is 1.11. The highest BCUT2D eigenvalue weighted by Crippen LogP contribution is 2.22. The monoisotopic (exact) mass is 444 g/mol. The van der Waals surface area contributed by atoms with Crippen molar-refractivity contribution in [1.82, 2.24) is 19.7 Å². The molecular formula is C25H24N4O2S. The van der Waals surface area contributed by atoms with Gasteiger partial charge in [-0.05, 0) is 35.4 Å². The standard InChI is InChI=1S/C25H24N4O2S/c1-31-23-14-12-22(13-15-23)29-19-26-27-25(29)32-18-24(30)28(16-20-8-4-2-5-9-20)17-21-10-6-3-7-11-21/h2-15,19H,16-18H2,1H3. The minimum Gasteiger partial charge on any atom is -0.497 e. The Morgan fingerprint density at radius 1 is 0.906 bits per heavy atom. The van der Waals surface area contributed by atoms with Crippen molar-refractivity contribution in [3.63, 3.8) is 0 Å². The number of hydrogen-bond acceptors (Lipinski definition) is 5. The van der Waals surface area contributed by atoms with Crippen molar-refractivity contribution in [1.29, 1.82) is 0 Å². The van der Waals surface area contributed by atoms with Crippen molar-refractivity contribution in [2.45, 2.75) is 18.2 Å². The molecule has 4 aromatic rings. The van der Waals surface area contributed by atoms with Crippen molar-refractivity contribution in [3.05, 3.63) is 102 Å². The van der Waals surface area contributed by atoms with Gasteiger partial charge in [0.15, 0.2) is 5.16 Å². The molecule has 0 fully saturated rings. The van der Waals surface area contributed by atoms with Crippen molar-refractivity contribution in [3.8, 4) is 11.4 Å². The maximum absolute atomic E-state index is 13.2. The topological polar surface area (TPSA) is 60.2 Å². The van der Waals surface area contributed by atoms with Gasteiger partial charge in [0, 0.05) is 18.8 Å². The normalized spacial score (nSPS) is 10.7. The van der Waals surface area contributed by atoms with E-state index in [4.69, 9.17) is 4.74 Å². The molecule has 1 amide bonds. The molecule has 6 nitrogen and oxygen atoms in total. The predicted molar refractivity (Wildman–Crippen MR) is 126 cm³/mol. The van der Waals surface area contributed by atoms with Gasteiger partial charge in [-0.2, -0.15) is 0 Å². The molecular weight excluding hydrogens is 420 g/mol.